The zero-order chi connectivity index (χ0) is 16.7. The molecule has 1 aliphatic rings. The van der Waals surface area contributed by atoms with Crippen LogP contribution in [0.2, 0.25) is 0 Å². The molecule has 0 saturated heterocycles. The third kappa shape index (κ3) is 2.65. The number of amides is 1. The quantitative estimate of drug-likeness (QED) is 0.791. The Bertz CT molecular complexity index is 863. The third-order valence-corrected chi connectivity index (χ3v) is 4.83. The predicted molar refractivity (Wildman–Crippen MR) is 90.9 cm³/mol. The van der Waals surface area contributed by atoms with E-state index in [0.717, 1.165) is 28.6 Å². The molecule has 3 aromatic heterocycles. The lowest BCUT2D eigenvalue weighted by molar-refractivity contribution is 0.0722. The van der Waals surface area contributed by atoms with Gasteiger partial charge in [0.25, 0.3) is 5.91 Å². The Morgan fingerprint density at radius 3 is 3.08 bits per heavy atom. The van der Waals surface area contributed by atoms with Crippen LogP contribution in [0.3, 0.4) is 0 Å². The summed E-state index contributed by atoms with van der Waals surface area (Å²) in [6, 6.07) is 3.80. The minimum Gasteiger partial charge on any atom is -0.445 e. The van der Waals surface area contributed by atoms with Crippen LogP contribution >= 0.6 is 11.3 Å². The van der Waals surface area contributed by atoms with Gasteiger partial charge in [0.05, 0.1) is 12.2 Å². The standard InChI is InChI=1S/C17H18N4O2S/c1-10(2)16-18-14-8-21(5-3-15(14)23-16)17(22)13-7-12(19-20-13)11-4-6-24-9-11/h4,6-7,9-10H,3,5,8H2,1-2H3,(H,19,20). The van der Waals surface area contributed by atoms with Crippen molar-refractivity contribution in [3.8, 4) is 11.3 Å². The van der Waals surface area contributed by atoms with E-state index in [4.69, 9.17) is 4.42 Å². The summed E-state index contributed by atoms with van der Waals surface area (Å²) in [5, 5.41) is 11.1. The second kappa shape index (κ2) is 5.90. The Hall–Kier alpha value is -2.41. The molecule has 0 radical (unpaired) electrons. The largest absolute Gasteiger partial charge is 0.445 e. The average Bonchev–Trinajstić information content (AvgIpc) is 3.31. The van der Waals surface area contributed by atoms with E-state index >= 15 is 0 Å². The van der Waals surface area contributed by atoms with Gasteiger partial charge in [-0.05, 0) is 17.5 Å². The fourth-order valence-corrected chi connectivity index (χ4v) is 3.45. The molecule has 1 N–H and O–H groups in total. The summed E-state index contributed by atoms with van der Waals surface area (Å²) in [7, 11) is 0. The van der Waals surface area contributed by atoms with Gasteiger partial charge < -0.3 is 9.32 Å². The molecular formula is C17H18N4O2S. The molecule has 4 rings (SSSR count). The zero-order valence-electron chi connectivity index (χ0n) is 13.6. The second-order valence-corrected chi connectivity index (χ2v) is 7.01. The number of aromatic amines is 1. The molecule has 4 heterocycles. The van der Waals surface area contributed by atoms with E-state index in [1.54, 1.807) is 16.2 Å². The number of rotatable bonds is 3. The minimum absolute atomic E-state index is 0.0521. The van der Waals surface area contributed by atoms with Crippen LogP contribution in [-0.4, -0.2) is 32.5 Å². The molecule has 0 aliphatic carbocycles. The molecule has 0 bridgehead atoms. The highest BCUT2D eigenvalue weighted by molar-refractivity contribution is 7.08. The number of hydrogen-bond donors (Lipinski definition) is 1. The van der Waals surface area contributed by atoms with Gasteiger partial charge in [0.15, 0.2) is 5.89 Å². The summed E-state index contributed by atoms with van der Waals surface area (Å²) in [6.45, 7) is 5.22. The number of aromatic nitrogens is 3. The molecule has 24 heavy (non-hydrogen) atoms. The Labute approximate surface area is 143 Å². The average molecular weight is 342 g/mol. The van der Waals surface area contributed by atoms with Crippen LogP contribution in [0.4, 0.5) is 0 Å². The number of thiophene rings is 1. The van der Waals surface area contributed by atoms with Crippen molar-refractivity contribution in [2.75, 3.05) is 6.54 Å². The molecule has 7 heteroatoms. The number of nitrogens with zero attached hydrogens (tertiary/aromatic N) is 3. The van der Waals surface area contributed by atoms with E-state index in [1.165, 1.54) is 0 Å². The minimum atomic E-state index is -0.0521. The first-order valence-corrected chi connectivity index (χ1v) is 8.92. The van der Waals surface area contributed by atoms with Gasteiger partial charge in [0.1, 0.15) is 17.1 Å². The molecule has 6 nitrogen and oxygen atoms in total. The second-order valence-electron chi connectivity index (χ2n) is 6.23. The van der Waals surface area contributed by atoms with Crippen LogP contribution in [0.25, 0.3) is 11.3 Å². The number of nitrogens with one attached hydrogen (secondary N) is 1. The highest BCUT2D eigenvalue weighted by atomic mass is 32.1. The first-order chi connectivity index (χ1) is 11.6. The van der Waals surface area contributed by atoms with Crippen LogP contribution in [0, 0.1) is 0 Å². The number of carbonyl (C=O) groups excluding carboxylic acids is 1. The highest BCUT2D eigenvalue weighted by Crippen LogP contribution is 2.25. The molecule has 0 aromatic carbocycles. The van der Waals surface area contributed by atoms with Crippen molar-refractivity contribution < 1.29 is 9.21 Å². The van der Waals surface area contributed by atoms with Crippen molar-refractivity contribution in [1.82, 2.24) is 20.1 Å². The van der Waals surface area contributed by atoms with Crippen molar-refractivity contribution in [1.29, 1.82) is 0 Å². The maximum atomic E-state index is 12.7. The maximum absolute atomic E-state index is 12.7. The fourth-order valence-electron chi connectivity index (χ4n) is 2.80. The van der Waals surface area contributed by atoms with E-state index < -0.39 is 0 Å². The predicted octanol–water partition coefficient (Wildman–Crippen LogP) is 3.45. The SMILES string of the molecule is CC(C)c1nc2c(o1)CCN(C(=O)c1cc(-c3ccsc3)n[nH]1)C2. The summed E-state index contributed by atoms with van der Waals surface area (Å²) >= 11 is 1.61. The van der Waals surface area contributed by atoms with E-state index in [1.807, 2.05) is 22.9 Å². The van der Waals surface area contributed by atoms with Gasteiger partial charge in [0.2, 0.25) is 0 Å². The Balaban J connectivity index is 1.53. The molecule has 0 spiro atoms. The van der Waals surface area contributed by atoms with E-state index in [-0.39, 0.29) is 11.8 Å². The first-order valence-electron chi connectivity index (χ1n) is 7.97. The van der Waals surface area contributed by atoms with Gasteiger partial charge in [-0.25, -0.2) is 4.98 Å². The molecule has 124 valence electrons. The fraction of sp³-hybridized carbons (Fsp3) is 0.353. The van der Waals surface area contributed by atoms with Crippen molar-refractivity contribution in [2.24, 2.45) is 0 Å². The van der Waals surface area contributed by atoms with Crippen LogP contribution in [-0.2, 0) is 13.0 Å². The maximum Gasteiger partial charge on any atom is 0.272 e. The summed E-state index contributed by atoms with van der Waals surface area (Å²) in [4.78, 5) is 19.1. The molecule has 1 aliphatic heterocycles. The summed E-state index contributed by atoms with van der Waals surface area (Å²) in [6.07, 6.45) is 0.701. The van der Waals surface area contributed by atoms with Crippen LogP contribution in [0.1, 0.15) is 47.6 Å². The lowest BCUT2D eigenvalue weighted by atomic mass is 10.1. The van der Waals surface area contributed by atoms with E-state index in [2.05, 4.69) is 29.0 Å². The first kappa shape index (κ1) is 15.1. The number of H-pyrrole nitrogens is 1. The van der Waals surface area contributed by atoms with Crippen LogP contribution in [0.15, 0.2) is 27.3 Å². The summed E-state index contributed by atoms with van der Waals surface area (Å²) < 4.78 is 5.79. The van der Waals surface area contributed by atoms with Crippen molar-refractivity contribution in [2.45, 2.75) is 32.7 Å². The van der Waals surface area contributed by atoms with Gasteiger partial charge in [-0.15, -0.1) is 0 Å². The van der Waals surface area contributed by atoms with Crippen molar-refractivity contribution >= 4 is 17.2 Å². The smallest absolute Gasteiger partial charge is 0.272 e. The van der Waals surface area contributed by atoms with E-state index in [0.29, 0.717) is 25.2 Å². The third-order valence-electron chi connectivity index (χ3n) is 4.15. The van der Waals surface area contributed by atoms with Gasteiger partial charge in [-0.2, -0.15) is 16.4 Å². The number of fused-ring (bicyclic) bond motifs is 1. The zero-order valence-corrected chi connectivity index (χ0v) is 14.4. The number of oxazole rings is 1. The van der Waals surface area contributed by atoms with Gasteiger partial charge in [-0.1, -0.05) is 13.8 Å². The summed E-state index contributed by atoms with van der Waals surface area (Å²) in [5.74, 6) is 1.85. The molecule has 0 saturated carbocycles. The van der Waals surface area contributed by atoms with Gasteiger partial charge in [0, 0.05) is 29.8 Å². The van der Waals surface area contributed by atoms with Gasteiger partial charge >= 0.3 is 0 Å². The normalized spacial score (nSPS) is 14.2. The lowest BCUT2D eigenvalue weighted by Crippen LogP contribution is -2.36. The van der Waals surface area contributed by atoms with E-state index in [9.17, 15) is 4.79 Å². The molecular weight excluding hydrogens is 324 g/mol. The van der Waals surface area contributed by atoms with Gasteiger partial charge in [-0.3, -0.25) is 9.89 Å². The monoisotopic (exact) mass is 342 g/mol. The lowest BCUT2D eigenvalue weighted by Gasteiger charge is -2.24. The van der Waals surface area contributed by atoms with Crippen LogP contribution in [0.5, 0.6) is 0 Å². The molecule has 0 atom stereocenters. The number of carbonyl (C=O) groups is 1. The van der Waals surface area contributed by atoms with Crippen molar-refractivity contribution in [3.63, 3.8) is 0 Å². The van der Waals surface area contributed by atoms with Crippen molar-refractivity contribution in [3.05, 3.63) is 45.9 Å². The number of hydrogen-bond acceptors (Lipinski definition) is 5. The summed E-state index contributed by atoms with van der Waals surface area (Å²) in [5.41, 5.74) is 3.19. The molecule has 0 fully saturated rings. The molecule has 0 unspecified atom stereocenters. The molecule has 3 aromatic rings. The Morgan fingerprint density at radius 2 is 2.33 bits per heavy atom. The molecule has 1 amide bonds. The highest BCUT2D eigenvalue weighted by Gasteiger charge is 2.27. The topological polar surface area (TPSA) is 75.0 Å². The Morgan fingerprint density at radius 1 is 1.46 bits per heavy atom. The van der Waals surface area contributed by atoms with Crippen LogP contribution < -0.4 is 0 Å². The Kier molecular flexibility index (Phi) is 3.72.